The van der Waals surface area contributed by atoms with Gasteiger partial charge in [-0.3, -0.25) is 14.4 Å². The molecule has 2 rings (SSSR count). The van der Waals surface area contributed by atoms with Crippen LogP contribution in [0.1, 0.15) is 48.5 Å². The zero-order chi connectivity index (χ0) is 21.4. The van der Waals surface area contributed by atoms with E-state index in [2.05, 4.69) is 19.2 Å². The summed E-state index contributed by atoms with van der Waals surface area (Å²) in [7, 11) is 0. The van der Waals surface area contributed by atoms with Gasteiger partial charge in [-0.2, -0.15) is 0 Å². The van der Waals surface area contributed by atoms with Gasteiger partial charge in [0.1, 0.15) is 11.9 Å². The molecule has 1 aromatic carbocycles. The fourth-order valence-electron chi connectivity index (χ4n) is 2.75. The molecule has 0 saturated heterocycles. The number of rotatable bonds is 8. The van der Waals surface area contributed by atoms with Crippen molar-refractivity contribution in [1.29, 1.82) is 0 Å². The maximum Gasteiger partial charge on any atom is 0.244 e. The number of nitrogens with one attached hydrogen (secondary N) is 1. The topological polar surface area (TPSA) is 89.3 Å². The van der Waals surface area contributed by atoms with Gasteiger partial charge >= 0.3 is 0 Å². The monoisotopic (exact) mass is 396 g/mol. The number of allylic oxidation sites excluding steroid dienone is 6. The summed E-state index contributed by atoms with van der Waals surface area (Å²) in [4.78, 5) is 36.0. The second kappa shape index (κ2) is 10.3. The lowest BCUT2D eigenvalue weighted by Gasteiger charge is -2.15. The first-order chi connectivity index (χ1) is 13.8. The van der Waals surface area contributed by atoms with Crippen molar-refractivity contribution < 1.29 is 18.8 Å². The van der Waals surface area contributed by atoms with E-state index in [1.165, 1.54) is 6.08 Å². The van der Waals surface area contributed by atoms with E-state index in [9.17, 15) is 18.8 Å². The molecule has 0 saturated carbocycles. The number of carbonyl (C=O) groups is 3. The minimum Gasteiger partial charge on any atom is -0.368 e. The van der Waals surface area contributed by atoms with Crippen LogP contribution in [0.2, 0.25) is 0 Å². The number of halogens is 1. The molecule has 5 nitrogen and oxygen atoms in total. The fraction of sp³-hybridized carbons (Fsp3) is 0.261. The normalized spacial score (nSPS) is 14.9. The predicted octanol–water partition coefficient (Wildman–Crippen LogP) is 3.65. The molecule has 1 atom stereocenters. The van der Waals surface area contributed by atoms with Crippen LogP contribution in [-0.2, 0) is 9.59 Å². The molecular weight excluding hydrogens is 371 g/mol. The molecule has 6 heteroatoms. The molecular formula is C23H25FN2O3. The highest BCUT2D eigenvalue weighted by Crippen LogP contribution is 2.19. The van der Waals surface area contributed by atoms with Crippen LogP contribution in [0.5, 0.6) is 0 Å². The third kappa shape index (κ3) is 6.68. The lowest BCUT2D eigenvalue weighted by atomic mass is 10.0. The molecule has 0 spiro atoms. The number of benzene rings is 1. The molecule has 2 amide bonds. The Morgan fingerprint density at radius 2 is 1.76 bits per heavy atom. The molecule has 0 fully saturated rings. The molecule has 1 aliphatic rings. The Morgan fingerprint density at radius 3 is 2.38 bits per heavy atom. The first-order valence-electron chi connectivity index (χ1n) is 9.42. The van der Waals surface area contributed by atoms with Gasteiger partial charge in [0.05, 0.1) is 0 Å². The number of hydrogen-bond donors (Lipinski definition) is 2. The van der Waals surface area contributed by atoms with E-state index in [4.69, 9.17) is 5.73 Å². The molecule has 0 aliphatic heterocycles. The Labute approximate surface area is 169 Å². The summed E-state index contributed by atoms with van der Waals surface area (Å²) < 4.78 is 14.0. The molecule has 0 radical (unpaired) electrons. The Bertz CT molecular complexity index is 893. The molecule has 152 valence electrons. The van der Waals surface area contributed by atoms with Crippen LogP contribution in [0.25, 0.3) is 0 Å². The van der Waals surface area contributed by atoms with Crippen molar-refractivity contribution in [3.8, 4) is 0 Å². The highest BCUT2D eigenvalue weighted by Gasteiger charge is 2.20. The average molecular weight is 396 g/mol. The van der Waals surface area contributed by atoms with Crippen LogP contribution in [-0.4, -0.2) is 23.6 Å². The van der Waals surface area contributed by atoms with Crippen LogP contribution >= 0.6 is 0 Å². The van der Waals surface area contributed by atoms with Crippen LogP contribution in [0.4, 0.5) is 4.39 Å². The van der Waals surface area contributed by atoms with Crippen molar-refractivity contribution in [1.82, 2.24) is 5.32 Å². The first kappa shape index (κ1) is 22.0. The summed E-state index contributed by atoms with van der Waals surface area (Å²) in [5.74, 6) is -1.91. The van der Waals surface area contributed by atoms with Gasteiger partial charge in [0.2, 0.25) is 11.8 Å². The number of nitrogens with two attached hydrogens (primary N) is 1. The van der Waals surface area contributed by atoms with Crippen LogP contribution in [0.3, 0.4) is 0 Å². The van der Waals surface area contributed by atoms with Gasteiger partial charge in [0.25, 0.3) is 0 Å². The second-order valence-corrected chi connectivity index (χ2v) is 7.06. The van der Waals surface area contributed by atoms with Gasteiger partial charge in [0.15, 0.2) is 5.78 Å². The number of carbonyl (C=O) groups excluding carboxylic acids is 3. The smallest absolute Gasteiger partial charge is 0.244 e. The van der Waals surface area contributed by atoms with E-state index in [1.807, 2.05) is 12.1 Å². The summed E-state index contributed by atoms with van der Waals surface area (Å²) in [5.41, 5.74) is 7.17. The number of ketones is 1. The lowest BCUT2D eigenvalue weighted by molar-refractivity contribution is -0.124. The number of hydrogen-bond acceptors (Lipinski definition) is 3. The van der Waals surface area contributed by atoms with Crippen molar-refractivity contribution in [2.45, 2.75) is 38.6 Å². The first-order valence-corrected chi connectivity index (χ1v) is 9.42. The lowest BCUT2D eigenvalue weighted by Crippen LogP contribution is -2.44. The van der Waals surface area contributed by atoms with Gasteiger partial charge in [0, 0.05) is 18.1 Å². The summed E-state index contributed by atoms with van der Waals surface area (Å²) in [5, 5.41) is 2.42. The standard InChI is InChI=1S/C23H25FN2O3/c1-15(2)16-8-10-17(11-9-16)21(27)12-13-22(28)26-20(23(25)29)14-18-6-4-3-5-7-19(18)24/h4-13,15,20H,3,14H2,1-2H3,(H2,25,29)(H,26,28)/b13-12+/t20-/m0/s1. The van der Waals surface area contributed by atoms with E-state index in [0.29, 0.717) is 17.9 Å². The van der Waals surface area contributed by atoms with Gasteiger partial charge in [-0.05, 0) is 35.6 Å². The molecule has 1 aromatic rings. The molecule has 0 unspecified atom stereocenters. The van der Waals surface area contributed by atoms with E-state index in [0.717, 1.165) is 17.7 Å². The molecule has 0 bridgehead atoms. The highest BCUT2D eigenvalue weighted by atomic mass is 19.1. The summed E-state index contributed by atoms with van der Waals surface area (Å²) >= 11 is 0. The zero-order valence-corrected chi connectivity index (χ0v) is 16.5. The Hall–Kier alpha value is -3.28. The van der Waals surface area contributed by atoms with Gasteiger partial charge < -0.3 is 11.1 Å². The van der Waals surface area contributed by atoms with Gasteiger partial charge in [-0.25, -0.2) is 4.39 Å². The van der Waals surface area contributed by atoms with Crippen LogP contribution in [0, 0.1) is 0 Å². The van der Waals surface area contributed by atoms with Gasteiger partial charge in [-0.15, -0.1) is 0 Å². The van der Waals surface area contributed by atoms with Crippen molar-refractivity contribution in [3.63, 3.8) is 0 Å². The maximum atomic E-state index is 14.0. The minimum atomic E-state index is -1.09. The van der Waals surface area contributed by atoms with E-state index >= 15 is 0 Å². The van der Waals surface area contributed by atoms with Crippen LogP contribution in [0.15, 0.2) is 72.1 Å². The quantitative estimate of drug-likeness (QED) is 0.519. The van der Waals surface area contributed by atoms with Crippen molar-refractivity contribution in [2.75, 3.05) is 0 Å². The van der Waals surface area contributed by atoms with Crippen LogP contribution < -0.4 is 11.1 Å². The largest absolute Gasteiger partial charge is 0.368 e. The molecule has 3 N–H and O–H groups in total. The second-order valence-electron chi connectivity index (χ2n) is 7.06. The number of primary amides is 1. The molecule has 29 heavy (non-hydrogen) atoms. The minimum absolute atomic E-state index is 0.0772. The van der Waals surface area contributed by atoms with E-state index in [-0.39, 0.29) is 17.8 Å². The Balaban J connectivity index is 2.01. The average Bonchev–Trinajstić information content (AvgIpc) is 2.89. The fourth-order valence-corrected chi connectivity index (χ4v) is 2.75. The molecule has 0 heterocycles. The third-order valence-electron chi connectivity index (χ3n) is 4.49. The summed E-state index contributed by atoms with van der Waals surface area (Å²) in [6.07, 6.45) is 8.96. The maximum absolute atomic E-state index is 14.0. The molecule has 0 aromatic heterocycles. The van der Waals surface area contributed by atoms with Gasteiger partial charge in [-0.1, -0.05) is 56.3 Å². The molecule has 1 aliphatic carbocycles. The van der Waals surface area contributed by atoms with E-state index in [1.54, 1.807) is 30.4 Å². The summed E-state index contributed by atoms with van der Waals surface area (Å²) in [6.45, 7) is 4.11. The zero-order valence-electron chi connectivity index (χ0n) is 16.5. The predicted molar refractivity (Wildman–Crippen MR) is 111 cm³/mol. The van der Waals surface area contributed by atoms with Crippen molar-refractivity contribution >= 4 is 17.6 Å². The van der Waals surface area contributed by atoms with Crippen molar-refractivity contribution in [3.05, 3.63) is 83.2 Å². The third-order valence-corrected chi connectivity index (χ3v) is 4.49. The number of amides is 2. The summed E-state index contributed by atoms with van der Waals surface area (Å²) in [6, 6.07) is 6.04. The highest BCUT2D eigenvalue weighted by molar-refractivity contribution is 6.07. The van der Waals surface area contributed by atoms with E-state index < -0.39 is 23.7 Å². The Morgan fingerprint density at radius 1 is 1.10 bits per heavy atom. The van der Waals surface area contributed by atoms with Crippen molar-refractivity contribution in [2.24, 2.45) is 5.73 Å². The Kier molecular flexibility index (Phi) is 7.83. The SMILES string of the molecule is CC(C)c1ccc(C(=O)/C=C/C(=O)N[C@@H](CC2=C(F)C=CCC=C2)C(N)=O)cc1.